The van der Waals surface area contributed by atoms with Crippen LogP contribution in [0.15, 0.2) is 63.9 Å². The van der Waals surface area contributed by atoms with E-state index in [1.807, 2.05) is 36.6 Å². The topological polar surface area (TPSA) is 21.6 Å². The maximum absolute atomic E-state index is 14.8. The number of halogens is 1. The molecule has 0 saturated heterocycles. The van der Waals surface area contributed by atoms with Gasteiger partial charge in [-0.1, -0.05) is 30.4 Å². The quantitative estimate of drug-likeness (QED) is 0.753. The largest absolute Gasteiger partial charge is 0.496 e. The minimum atomic E-state index is -0.935. The van der Waals surface area contributed by atoms with Gasteiger partial charge in [0.2, 0.25) is 0 Å². The van der Waals surface area contributed by atoms with Crippen LogP contribution in [0.1, 0.15) is 6.42 Å². The molecule has 3 aliphatic carbocycles. The highest BCUT2D eigenvalue weighted by molar-refractivity contribution is 5.82. The van der Waals surface area contributed by atoms with Gasteiger partial charge in [0.25, 0.3) is 0 Å². The van der Waals surface area contributed by atoms with Crippen molar-refractivity contribution in [2.75, 3.05) is 7.11 Å². The van der Waals surface area contributed by atoms with E-state index in [0.29, 0.717) is 0 Å². The van der Waals surface area contributed by atoms with Gasteiger partial charge in [0.15, 0.2) is 0 Å². The van der Waals surface area contributed by atoms with Crippen LogP contribution in [-0.4, -0.2) is 25.5 Å². The van der Waals surface area contributed by atoms with Crippen LogP contribution in [0.2, 0.25) is 0 Å². The zero-order chi connectivity index (χ0) is 13.7. The molecule has 0 fully saturated rings. The van der Waals surface area contributed by atoms with Crippen LogP contribution in [0.4, 0.5) is 4.39 Å². The summed E-state index contributed by atoms with van der Waals surface area (Å²) in [7, 11) is 1.67. The number of allylic oxidation sites excluding steroid dienone is 8. The molecule has 0 aromatic rings. The fourth-order valence-electron chi connectivity index (χ4n) is 3.34. The van der Waals surface area contributed by atoms with E-state index in [1.54, 1.807) is 7.11 Å². The fraction of sp³-hybridized carbons (Fsp3) is 0.353. The normalized spacial score (nSPS) is 37.1. The van der Waals surface area contributed by atoms with Gasteiger partial charge in [0.05, 0.1) is 7.11 Å². The number of alkyl halides is 1. The molecule has 0 amide bonds. The second-order valence-electron chi connectivity index (χ2n) is 5.61. The van der Waals surface area contributed by atoms with Crippen molar-refractivity contribution in [1.29, 1.82) is 0 Å². The summed E-state index contributed by atoms with van der Waals surface area (Å²) in [5, 5.41) is 0. The molecule has 4 aliphatic rings. The Balaban J connectivity index is 1.65. The van der Waals surface area contributed by atoms with Crippen LogP contribution in [0.5, 0.6) is 0 Å². The minimum Gasteiger partial charge on any atom is -0.496 e. The smallest absolute Gasteiger partial charge is 0.133 e. The first kappa shape index (κ1) is 11.9. The molecule has 4 rings (SSSR count). The highest BCUT2D eigenvalue weighted by atomic mass is 19.1. The molecular formula is C17H16FNO. The number of rotatable bonds is 2. The lowest BCUT2D eigenvalue weighted by Crippen LogP contribution is -2.36. The number of ether oxygens (including phenoxy) is 1. The number of hydrogen-bond acceptors (Lipinski definition) is 2. The minimum absolute atomic E-state index is 0.0431. The van der Waals surface area contributed by atoms with Gasteiger partial charge in [-0.25, -0.2) is 4.39 Å². The Labute approximate surface area is 117 Å². The van der Waals surface area contributed by atoms with Crippen molar-refractivity contribution in [3.8, 4) is 0 Å². The van der Waals surface area contributed by atoms with Gasteiger partial charge < -0.3 is 4.74 Å². The molecule has 1 aliphatic heterocycles. The van der Waals surface area contributed by atoms with E-state index in [4.69, 9.17) is 4.74 Å². The lowest BCUT2D eigenvalue weighted by molar-refractivity contribution is 0.224. The first-order valence-corrected chi connectivity index (χ1v) is 7.01. The van der Waals surface area contributed by atoms with E-state index >= 15 is 0 Å². The first-order chi connectivity index (χ1) is 9.79. The Hall–Kier alpha value is -1.90. The zero-order valence-electron chi connectivity index (χ0n) is 11.3. The Bertz CT molecular complexity index is 635. The van der Waals surface area contributed by atoms with Crippen molar-refractivity contribution in [2.24, 2.45) is 16.8 Å². The molecule has 4 atom stereocenters. The van der Waals surface area contributed by atoms with E-state index < -0.39 is 6.17 Å². The highest BCUT2D eigenvalue weighted by Gasteiger charge is 2.43. The standard InChI is InChI=1S/C17H16FNO/c1-20-15-7-6-12(13-8-14(13)15)17-16(18)11-5-3-2-4-10(11)9-19-17/h2-4,6-9,11,13,16-17H,5H2,1H3/t11?,13-,16+,17?/m0/s1. The molecule has 0 bridgehead atoms. The summed E-state index contributed by atoms with van der Waals surface area (Å²) in [5.41, 5.74) is 3.26. The maximum Gasteiger partial charge on any atom is 0.133 e. The predicted octanol–water partition coefficient (Wildman–Crippen LogP) is 3.31. The molecule has 102 valence electrons. The summed E-state index contributed by atoms with van der Waals surface area (Å²) in [5.74, 6) is 1.09. The highest BCUT2D eigenvalue weighted by Crippen LogP contribution is 2.48. The van der Waals surface area contributed by atoms with Crippen molar-refractivity contribution >= 4 is 6.21 Å². The SMILES string of the molecule is COC1=CC=C(C2N=CC3=CC=CCC3[C@H]2F)[C@@H]2C=C12. The molecule has 2 unspecified atom stereocenters. The van der Waals surface area contributed by atoms with Crippen molar-refractivity contribution < 1.29 is 9.13 Å². The van der Waals surface area contributed by atoms with Gasteiger partial charge in [-0.3, -0.25) is 4.99 Å². The monoisotopic (exact) mass is 269 g/mol. The number of hydrogen-bond donors (Lipinski definition) is 0. The molecule has 0 aromatic carbocycles. The van der Waals surface area contributed by atoms with Gasteiger partial charge in [-0.2, -0.15) is 0 Å². The van der Waals surface area contributed by atoms with Gasteiger partial charge in [-0.05, 0) is 23.6 Å². The van der Waals surface area contributed by atoms with Gasteiger partial charge in [0, 0.05) is 23.6 Å². The average molecular weight is 269 g/mol. The van der Waals surface area contributed by atoms with Crippen LogP contribution < -0.4 is 0 Å². The van der Waals surface area contributed by atoms with Crippen LogP contribution >= 0.6 is 0 Å². The van der Waals surface area contributed by atoms with Crippen LogP contribution in [0.25, 0.3) is 0 Å². The Morgan fingerprint density at radius 1 is 1.30 bits per heavy atom. The van der Waals surface area contributed by atoms with Gasteiger partial charge in [-0.15, -0.1) is 0 Å². The second kappa shape index (κ2) is 4.30. The Kier molecular flexibility index (Phi) is 2.56. The van der Waals surface area contributed by atoms with Crippen molar-refractivity contribution in [3.63, 3.8) is 0 Å². The number of fused-ring (bicyclic) bond motifs is 2. The predicted molar refractivity (Wildman–Crippen MR) is 77.3 cm³/mol. The van der Waals surface area contributed by atoms with Crippen LogP contribution in [-0.2, 0) is 4.74 Å². The molecular weight excluding hydrogens is 253 g/mol. The van der Waals surface area contributed by atoms with E-state index in [2.05, 4.69) is 11.1 Å². The number of nitrogens with zero attached hydrogens (tertiary/aromatic N) is 1. The molecule has 2 nitrogen and oxygen atoms in total. The molecule has 0 N–H and O–H groups in total. The molecule has 0 radical (unpaired) electrons. The summed E-state index contributed by atoms with van der Waals surface area (Å²) in [6.07, 6.45) is 13.7. The molecule has 0 aromatic heterocycles. The summed E-state index contributed by atoms with van der Waals surface area (Å²) in [6.45, 7) is 0. The third-order valence-corrected chi connectivity index (χ3v) is 4.52. The molecule has 1 heterocycles. The van der Waals surface area contributed by atoms with Crippen molar-refractivity contribution in [3.05, 3.63) is 58.9 Å². The third kappa shape index (κ3) is 1.65. The Morgan fingerprint density at radius 2 is 2.20 bits per heavy atom. The summed E-state index contributed by atoms with van der Waals surface area (Å²) in [6, 6.07) is -0.350. The lowest BCUT2D eigenvalue weighted by atomic mass is 9.79. The van der Waals surface area contributed by atoms with Crippen molar-refractivity contribution in [1.82, 2.24) is 0 Å². The lowest BCUT2D eigenvalue weighted by Gasteiger charge is -2.33. The Morgan fingerprint density at radius 3 is 3.05 bits per heavy atom. The molecule has 0 spiro atoms. The first-order valence-electron chi connectivity index (χ1n) is 7.01. The molecule has 3 heteroatoms. The van der Waals surface area contributed by atoms with Crippen LogP contribution in [0, 0.1) is 11.8 Å². The van der Waals surface area contributed by atoms with Crippen molar-refractivity contribution in [2.45, 2.75) is 18.6 Å². The third-order valence-electron chi connectivity index (χ3n) is 4.52. The van der Waals surface area contributed by atoms with Crippen LogP contribution in [0.3, 0.4) is 0 Å². The van der Waals surface area contributed by atoms with E-state index in [0.717, 1.165) is 23.3 Å². The summed E-state index contributed by atoms with van der Waals surface area (Å²) in [4.78, 5) is 4.47. The summed E-state index contributed by atoms with van der Waals surface area (Å²) >= 11 is 0. The summed E-state index contributed by atoms with van der Waals surface area (Å²) < 4.78 is 20.1. The number of aliphatic imine (C=N–C) groups is 1. The molecule has 20 heavy (non-hydrogen) atoms. The van der Waals surface area contributed by atoms with E-state index in [-0.39, 0.29) is 17.9 Å². The fourth-order valence-corrected chi connectivity index (χ4v) is 3.34. The van der Waals surface area contributed by atoms with Gasteiger partial charge >= 0.3 is 0 Å². The average Bonchev–Trinajstić information content (AvgIpc) is 3.28. The second-order valence-corrected chi connectivity index (χ2v) is 5.61. The maximum atomic E-state index is 14.8. The zero-order valence-corrected chi connectivity index (χ0v) is 11.3. The molecule has 0 saturated carbocycles. The van der Waals surface area contributed by atoms with E-state index in [9.17, 15) is 4.39 Å². The van der Waals surface area contributed by atoms with Gasteiger partial charge in [0.1, 0.15) is 18.0 Å². The van der Waals surface area contributed by atoms with E-state index in [1.165, 1.54) is 5.57 Å². The number of methoxy groups -OCH3 is 1.